The van der Waals surface area contributed by atoms with Gasteiger partial charge in [0.15, 0.2) is 0 Å². The SMILES string of the molecule is O=C1CC(c2ccccc2)N(C(=O)Nc2ccccc2)CCCCCN1. The average Bonchev–Trinajstić information content (AvgIpc) is 2.67. The lowest BCUT2D eigenvalue weighted by Crippen LogP contribution is -2.42. The summed E-state index contributed by atoms with van der Waals surface area (Å²) in [4.78, 5) is 27.1. The number of carbonyl (C=O) groups is 2. The molecule has 1 heterocycles. The largest absolute Gasteiger partial charge is 0.356 e. The van der Waals surface area contributed by atoms with Crippen molar-refractivity contribution >= 4 is 17.6 Å². The molecule has 0 aliphatic carbocycles. The molecule has 0 spiro atoms. The van der Waals surface area contributed by atoms with E-state index in [1.165, 1.54) is 0 Å². The van der Waals surface area contributed by atoms with E-state index in [4.69, 9.17) is 0 Å². The first-order valence-corrected chi connectivity index (χ1v) is 9.18. The summed E-state index contributed by atoms with van der Waals surface area (Å²) in [7, 11) is 0. The second kappa shape index (κ2) is 9.04. The number of nitrogens with one attached hydrogen (secondary N) is 2. The first kappa shape index (κ1) is 18.0. The number of benzene rings is 2. The Bertz CT molecular complexity index is 719. The minimum atomic E-state index is -0.280. The van der Waals surface area contributed by atoms with Gasteiger partial charge in [-0.15, -0.1) is 0 Å². The Labute approximate surface area is 154 Å². The van der Waals surface area contributed by atoms with Crippen molar-refractivity contribution in [2.45, 2.75) is 31.7 Å². The zero-order valence-corrected chi connectivity index (χ0v) is 14.9. The molecule has 3 amide bonds. The third kappa shape index (κ3) is 4.85. The van der Waals surface area contributed by atoms with E-state index >= 15 is 0 Å². The summed E-state index contributed by atoms with van der Waals surface area (Å²) in [5.41, 5.74) is 1.73. The number of urea groups is 1. The molecule has 2 aromatic rings. The van der Waals surface area contributed by atoms with Gasteiger partial charge in [-0.3, -0.25) is 4.79 Å². The number of anilines is 1. The fraction of sp³-hybridized carbons (Fsp3) is 0.333. The molecular weight excluding hydrogens is 326 g/mol. The maximum atomic E-state index is 13.0. The molecule has 0 bridgehead atoms. The van der Waals surface area contributed by atoms with Gasteiger partial charge in [-0.2, -0.15) is 0 Å². The van der Waals surface area contributed by atoms with Crippen LogP contribution < -0.4 is 10.6 Å². The van der Waals surface area contributed by atoms with E-state index in [-0.39, 0.29) is 24.4 Å². The highest BCUT2D eigenvalue weighted by Crippen LogP contribution is 2.26. The summed E-state index contributed by atoms with van der Waals surface area (Å²) in [5.74, 6) is -0.0155. The third-order valence-electron chi connectivity index (χ3n) is 4.62. The lowest BCUT2D eigenvalue weighted by atomic mass is 10.0. The van der Waals surface area contributed by atoms with Gasteiger partial charge in [0.2, 0.25) is 5.91 Å². The number of amides is 3. The minimum absolute atomic E-state index is 0.0155. The summed E-state index contributed by atoms with van der Waals surface area (Å²) >= 11 is 0. The monoisotopic (exact) mass is 351 g/mol. The summed E-state index contributed by atoms with van der Waals surface area (Å²) in [5, 5.41) is 5.93. The molecule has 2 aromatic carbocycles. The van der Waals surface area contributed by atoms with Crippen LogP contribution in [0.2, 0.25) is 0 Å². The molecular formula is C21H25N3O2. The van der Waals surface area contributed by atoms with Crippen molar-refractivity contribution in [2.24, 2.45) is 0 Å². The molecule has 0 saturated carbocycles. The number of carbonyl (C=O) groups excluding carboxylic acids is 2. The van der Waals surface area contributed by atoms with Gasteiger partial charge in [0, 0.05) is 18.8 Å². The van der Waals surface area contributed by atoms with Crippen LogP contribution in [-0.4, -0.2) is 29.9 Å². The van der Waals surface area contributed by atoms with Crippen LogP contribution in [0.15, 0.2) is 60.7 Å². The van der Waals surface area contributed by atoms with E-state index in [9.17, 15) is 9.59 Å². The lowest BCUT2D eigenvalue weighted by Gasteiger charge is -2.33. The van der Waals surface area contributed by atoms with Gasteiger partial charge in [-0.05, 0) is 37.0 Å². The molecule has 1 aliphatic rings. The van der Waals surface area contributed by atoms with Crippen molar-refractivity contribution in [1.82, 2.24) is 10.2 Å². The van der Waals surface area contributed by atoms with Crippen molar-refractivity contribution in [2.75, 3.05) is 18.4 Å². The van der Waals surface area contributed by atoms with E-state index in [0.29, 0.717) is 13.1 Å². The average molecular weight is 351 g/mol. The molecule has 1 unspecified atom stereocenters. The smallest absolute Gasteiger partial charge is 0.322 e. The summed E-state index contributed by atoms with van der Waals surface area (Å²) in [6.07, 6.45) is 3.11. The quantitative estimate of drug-likeness (QED) is 0.860. The van der Waals surface area contributed by atoms with E-state index in [0.717, 1.165) is 30.5 Å². The Balaban J connectivity index is 1.86. The molecule has 1 saturated heterocycles. The van der Waals surface area contributed by atoms with E-state index < -0.39 is 0 Å². The Kier molecular flexibility index (Phi) is 6.25. The van der Waals surface area contributed by atoms with Gasteiger partial charge in [0.1, 0.15) is 0 Å². The van der Waals surface area contributed by atoms with Gasteiger partial charge in [0.25, 0.3) is 0 Å². The summed E-state index contributed by atoms with van der Waals surface area (Å²) in [6.45, 7) is 1.34. The first-order valence-electron chi connectivity index (χ1n) is 9.18. The van der Waals surface area contributed by atoms with Gasteiger partial charge < -0.3 is 15.5 Å². The molecule has 1 aliphatic heterocycles. The molecule has 136 valence electrons. The maximum absolute atomic E-state index is 13.0. The molecule has 1 fully saturated rings. The second-order valence-electron chi connectivity index (χ2n) is 6.53. The lowest BCUT2D eigenvalue weighted by molar-refractivity contribution is -0.122. The van der Waals surface area contributed by atoms with Crippen molar-refractivity contribution in [1.29, 1.82) is 0 Å². The van der Waals surface area contributed by atoms with Crippen molar-refractivity contribution < 1.29 is 9.59 Å². The Morgan fingerprint density at radius 1 is 0.962 bits per heavy atom. The van der Waals surface area contributed by atoms with Gasteiger partial charge in [-0.25, -0.2) is 4.79 Å². The van der Waals surface area contributed by atoms with Crippen LogP contribution in [0.25, 0.3) is 0 Å². The van der Waals surface area contributed by atoms with Crippen LogP contribution in [0, 0.1) is 0 Å². The Hall–Kier alpha value is -2.82. The molecule has 5 nitrogen and oxygen atoms in total. The zero-order valence-electron chi connectivity index (χ0n) is 14.9. The normalized spacial score (nSPS) is 18.7. The van der Waals surface area contributed by atoms with Crippen LogP contribution in [0.3, 0.4) is 0 Å². The maximum Gasteiger partial charge on any atom is 0.322 e. The highest BCUT2D eigenvalue weighted by Gasteiger charge is 2.27. The predicted octanol–water partition coefficient (Wildman–Crippen LogP) is 3.95. The standard InChI is InChI=1S/C21H25N3O2/c25-20-16-19(17-10-4-1-5-11-17)24(15-9-3-8-14-22-20)21(26)23-18-12-6-2-7-13-18/h1-2,4-7,10-13,19H,3,8-9,14-16H2,(H,22,25)(H,23,26). The van der Waals surface area contributed by atoms with Gasteiger partial charge >= 0.3 is 6.03 Å². The second-order valence-corrected chi connectivity index (χ2v) is 6.53. The number of rotatable bonds is 2. The van der Waals surface area contributed by atoms with Crippen molar-refractivity contribution in [3.8, 4) is 0 Å². The molecule has 1 atom stereocenters. The third-order valence-corrected chi connectivity index (χ3v) is 4.62. The van der Waals surface area contributed by atoms with E-state index in [1.807, 2.05) is 60.7 Å². The molecule has 0 radical (unpaired) electrons. The van der Waals surface area contributed by atoms with Crippen LogP contribution in [0.4, 0.5) is 10.5 Å². The topological polar surface area (TPSA) is 61.4 Å². The molecule has 2 N–H and O–H groups in total. The predicted molar refractivity (Wildman–Crippen MR) is 103 cm³/mol. The Morgan fingerprint density at radius 3 is 2.38 bits per heavy atom. The molecule has 3 rings (SSSR count). The van der Waals surface area contributed by atoms with Crippen LogP contribution in [-0.2, 0) is 4.79 Å². The Morgan fingerprint density at radius 2 is 1.65 bits per heavy atom. The van der Waals surface area contributed by atoms with Crippen molar-refractivity contribution in [3.63, 3.8) is 0 Å². The summed E-state index contributed by atoms with van der Waals surface area (Å²) in [6, 6.07) is 18.8. The van der Waals surface area contributed by atoms with Crippen LogP contribution >= 0.6 is 0 Å². The highest BCUT2D eigenvalue weighted by molar-refractivity contribution is 5.90. The van der Waals surface area contributed by atoms with Crippen LogP contribution in [0.1, 0.15) is 37.3 Å². The molecule has 0 aromatic heterocycles. The van der Waals surface area contributed by atoms with Gasteiger partial charge in [-0.1, -0.05) is 48.5 Å². The number of para-hydroxylation sites is 1. The summed E-state index contributed by atoms with van der Waals surface area (Å²) < 4.78 is 0. The molecule has 26 heavy (non-hydrogen) atoms. The van der Waals surface area contributed by atoms with Crippen LogP contribution in [0.5, 0.6) is 0 Å². The fourth-order valence-electron chi connectivity index (χ4n) is 3.26. The van der Waals surface area contributed by atoms with Crippen molar-refractivity contribution in [3.05, 3.63) is 66.2 Å². The number of hydrogen-bond acceptors (Lipinski definition) is 2. The highest BCUT2D eigenvalue weighted by atomic mass is 16.2. The minimum Gasteiger partial charge on any atom is -0.356 e. The number of nitrogens with zero attached hydrogens (tertiary/aromatic N) is 1. The zero-order chi connectivity index (χ0) is 18.2. The first-order chi connectivity index (χ1) is 12.7. The molecule has 5 heteroatoms. The number of hydrogen-bond donors (Lipinski definition) is 2. The van der Waals surface area contributed by atoms with E-state index in [2.05, 4.69) is 10.6 Å². The fourth-order valence-corrected chi connectivity index (χ4v) is 3.26. The van der Waals surface area contributed by atoms with E-state index in [1.54, 1.807) is 4.90 Å². The van der Waals surface area contributed by atoms with Gasteiger partial charge in [0.05, 0.1) is 12.5 Å².